The van der Waals surface area contributed by atoms with Crippen molar-refractivity contribution in [2.45, 2.75) is 18.7 Å². The van der Waals surface area contributed by atoms with Crippen molar-refractivity contribution in [1.29, 1.82) is 5.26 Å². The zero-order valence-electron chi connectivity index (χ0n) is 10.5. The van der Waals surface area contributed by atoms with E-state index in [0.29, 0.717) is 17.7 Å². The van der Waals surface area contributed by atoms with Crippen LogP contribution in [0.15, 0.2) is 35.7 Å². The molecule has 0 saturated carbocycles. The Morgan fingerprint density at radius 3 is 2.61 bits per heavy atom. The van der Waals surface area contributed by atoms with Crippen molar-refractivity contribution in [2.24, 2.45) is 0 Å². The van der Waals surface area contributed by atoms with Gasteiger partial charge < -0.3 is 0 Å². The van der Waals surface area contributed by atoms with Crippen LogP contribution in [0.1, 0.15) is 18.1 Å². The molecule has 0 N–H and O–H groups in total. The molecule has 1 aromatic carbocycles. The highest BCUT2D eigenvalue weighted by molar-refractivity contribution is 7.89. The molecule has 1 aromatic rings. The first kappa shape index (κ1) is 14.4. The second-order valence-corrected chi connectivity index (χ2v) is 5.74. The minimum Gasteiger partial charge on any atom is -0.207 e. The van der Waals surface area contributed by atoms with Gasteiger partial charge >= 0.3 is 0 Å². The van der Waals surface area contributed by atoms with E-state index in [1.165, 1.54) is 16.4 Å². The highest BCUT2D eigenvalue weighted by Gasteiger charge is 2.23. The van der Waals surface area contributed by atoms with Crippen LogP contribution in [0.4, 0.5) is 0 Å². The Balaban J connectivity index is 3.28. The number of sulfonamides is 1. The van der Waals surface area contributed by atoms with E-state index in [4.69, 9.17) is 5.26 Å². The SMILES string of the molecule is C=CCN(CC)S(=O)(=O)c1ccc(C#N)cc1C. The zero-order valence-corrected chi connectivity index (χ0v) is 11.4. The molecule has 0 aliphatic heterocycles. The summed E-state index contributed by atoms with van der Waals surface area (Å²) in [5.74, 6) is 0. The average Bonchev–Trinajstić information content (AvgIpc) is 2.35. The summed E-state index contributed by atoms with van der Waals surface area (Å²) in [6.07, 6.45) is 1.56. The van der Waals surface area contributed by atoms with E-state index in [2.05, 4.69) is 6.58 Å². The predicted molar refractivity (Wildman–Crippen MR) is 70.5 cm³/mol. The minimum absolute atomic E-state index is 0.241. The largest absolute Gasteiger partial charge is 0.243 e. The molecule has 0 saturated heterocycles. The topological polar surface area (TPSA) is 61.2 Å². The lowest BCUT2D eigenvalue weighted by Crippen LogP contribution is -2.31. The lowest BCUT2D eigenvalue weighted by molar-refractivity contribution is 0.459. The van der Waals surface area contributed by atoms with E-state index in [0.717, 1.165) is 0 Å². The summed E-state index contributed by atoms with van der Waals surface area (Å²) in [5, 5.41) is 8.77. The van der Waals surface area contributed by atoms with Gasteiger partial charge in [0.2, 0.25) is 10.0 Å². The van der Waals surface area contributed by atoms with Crippen LogP contribution in [-0.4, -0.2) is 25.8 Å². The average molecular weight is 264 g/mol. The number of nitriles is 1. The van der Waals surface area contributed by atoms with Gasteiger partial charge in [-0.05, 0) is 30.7 Å². The number of hydrogen-bond donors (Lipinski definition) is 0. The van der Waals surface area contributed by atoms with E-state index in [1.807, 2.05) is 6.07 Å². The third-order valence-electron chi connectivity index (χ3n) is 2.61. The lowest BCUT2D eigenvalue weighted by atomic mass is 10.2. The third kappa shape index (κ3) is 2.78. The van der Waals surface area contributed by atoms with E-state index < -0.39 is 10.0 Å². The van der Waals surface area contributed by atoms with Crippen molar-refractivity contribution in [1.82, 2.24) is 4.31 Å². The van der Waals surface area contributed by atoms with Crippen molar-refractivity contribution in [3.8, 4) is 6.07 Å². The van der Waals surface area contributed by atoms with Crippen LogP contribution in [0, 0.1) is 18.3 Å². The van der Waals surface area contributed by atoms with Crippen molar-refractivity contribution in [3.63, 3.8) is 0 Å². The smallest absolute Gasteiger partial charge is 0.207 e. The maximum Gasteiger partial charge on any atom is 0.243 e. The van der Waals surface area contributed by atoms with Crippen molar-refractivity contribution >= 4 is 10.0 Å². The number of rotatable bonds is 5. The highest BCUT2D eigenvalue weighted by atomic mass is 32.2. The first-order chi connectivity index (χ1) is 8.47. The number of hydrogen-bond acceptors (Lipinski definition) is 3. The summed E-state index contributed by atoms with van der Waals surface area (Å²) in [7, 11) is -3.52. The zero-order chi connectivity index (χ0) is 13.8. The molecule has 0 bridgehead atoms. The first-order valence-corrected chi connectivity index (χ1v) is 7.03. The minimum atomic E-state index is -3.52. The fourth-order valence-corrected chi connectivity index (χ4v) is 3.31. The summed E-state index contributed by atoms with van der Waals surface area (Å²) >= 11 is 0. The summed E-state index contributed by atoms with van der Waals surface area (Å²) in [6.45, 7) is 7.68. The van der Waals surface area contributed by atoms with Gasteiger partial charge in [0.15, 0.2) is 0 Å². The summed E-state index contributed by atoms with van der Waals surface area (Å²) in [4.78, 5) is 0.241. The first-order valence-electron chi connectivity index (χ1n) is 5.59. The number of nitrogens with zero attached hydrogens (tertiary/aromatic N) is 2. The molecule has 0 atom stereocenters. The number of likely N-dealkylation sites (N-methyl/N-ethyl adjacent to an activating group) is 1. The third-order valence-corrected chi connectivity index (χ3v) is 4.71. The molecule has 4 nitrogen and oxygen atoms in total. The molecule has 5 heteroatoms. The van der Waals surface area contributed by atoms with Gasteiger partial charge in [0.05, 0.1) is 16.5 Å². The molecule has 0 heterocycles. The molecule has 0 radical (unpaired) electrons. The van der Waals surface area contributed by atoms with Crippen LogP contribution in [-0.2, 0) is 10.0 Å². The van der Waals surface area contributed by atoms with Crippen LogP contribution < -0.4 is 0 Å². The molecule has 96 valence electrons. The van der Waals surface area contributed by atoms with Crippen molar-refractivity contribution in [2.75, 3.05) is 13.1 Å². The summed E-state index contributed by atoms with van der Waals surface area (Å²) in [5.41, 5.74) is 1.04. The Bertz CT molecular complexity index is 585. The van der Waals surface area contributed by atoms with Crippen molar-refractivity contribution < 1.29 is 8.42 Å². The fourth-order valence-electron chi connectivity index (χ4n) is 1.69. The normalized spacial score (nSPS) is 11.2. The van der Waals surface area contributed by atoms with Gasteiger partial charge in [-0.1, -0.05) is 13.0 Å². The van der Waals surface area contributed by atoms with Crippen LogP contribution in [0.5, 0.6) is 0 Å². The molecule has 0 spiro atoms. The molecule has 0 amide bonds. The van der Waals surface area contributed by atoms with Crippen LogP contribution >= 0.6 is 0 Å². The summed E-state index contributed by atoms with van der Waals surface area (Å²) < 4.78 is 26.1. The van der Waals surface area contributed by atoms with Gasteiger partial charge in [-0.3, -0.25) is 0 Å². The van der Waals surface area contributed by atoms with Gasteiger partial charge in [-0.2, -0.15) is 9.57 Å². The van der Waals surface area contributed by atoms with Crippen LogP contribution in [0.25, 0.3) is 0 Å². The molecule has 0 aliphatic rings. The van der Waals surface area contributed by atoms with Gasteiger partial charge in [0.1, 0.15) is 0 Å². The second-order valence-electron chi connectivity index (χ2n) is 3.84. The molecular weight excluding hydrogens is 248 g/mol. The fraction of sp³-hybridized carbons (Fsp3) is 0.308. The molecule has 18 heavy (non-hydrogen) atoms. The Hall–Kier alpha value is -1.64. The maximum atomic E-state index is 12.4. The Morgan fingerprint density at radius 2 is 2.17 bits per heavy atom. The second kappa shape index (κ2) is 5.80. The molecule has 0 aromatic heterocycles. The summed E-state index contributed by atoms with van der Waals surface area (Å²) in [6, 6.07) is 6.56. The van der Waals surface area contributed by atoms with E-state index in [-0.39, 0.29) is 11.4 Å². The van der Waals surface area contributed by atoms with Gasteiger partial charge in [-0.15, -0.1) is 6.58 Å². The molecular formula is C13H16N2O2S. The standard InChI is InChI=1S/C13H16N2O2S/c1-4-8-15(5-2)18(16,17)13-7-6-12(10-14)9-11(13)3/h4,6-7,9H,1,5,8H2,2-3H3. The van der Waals surface area contributed by atoms with Crippen molar-refractivity contribution in [3.05, 3.63) is 42.0 Å². The van der Waals surface area contributed by atoms with Crippen LogP contribution in [0.2, 0.25) is 0 Å². The molecule has 1 rings (SSSR count). The number of aryl methyl sites for hydroxylation is 1. The maximum absolute atomic E-state index is 12.4. The van der Waals surface area contributed by atoms with Crippen LogP contribution in [0.3, 0.4) is 0 Å². The van der Waals surface area contributed by atoms with Gasteiger partial charge in [-0.25, -0.2) is 8.42 Å². The molecule has 0 unspecified atom stereocenters. The Morgan fingerprint density at radius 1 is 1.50 bits per heavy atom. The van der Waals surface area contributed by atoms with E-state index in [1.54, 1.807) is 26.0 Å². The Labute approximate surface area is 108 Å². The van der Waals surface area contributed by atoms with Gasteiger partial charge in [0.25, 0.3) is 0 Å². The monoisotopic (exact) mass is 264 g/mol. The highest BCUT2D eigenvalue weighted by Crippen LogP contribution is 2.20. The molecule has 0 fully saturated rings. The number of benzene rings is 1. The lowest BCUT2D eigenvalue weighted by Gasteiger charge is -2.19. The quantitative estimate of drug-likeness (QED) is 0.765. The predicted octanol–water partition coefficient (Wildman–Crippen LogP) is 2.06. The van der Waals surface area contributed by atoms with E-state index >= 15 is 0 Å². The van der Waals surface area contributed by atoms with E-state index in [9.17, 15) is 8.42 Å². The Kier molecular flexibility index (Phi) is 4.65. The molecule has 0 aliphatic carbocycles. The van der Waals surface area contributed by atoms with Gasteiger partial charge in [0, 0.05) is 13.1 Å².